The van der Waals surface area contributed by atoms with Crippen LogP contribution in [0, 0.1) is 5.92 Å². The second-order valence-electron chi connectivity index (χ2n) is 5.49. The Morgan fingerprint density at radius 3 is 3.00 bits per heavy atom. The topological polar surface area (TPSA) is 21.3 Å². The van der Waals surface area contributed by atoms with Gasteiger partial charge < -0.3 is 10.1 Å². The van der Waals surface area contributed by atoms with Crippen LogP contribution < -0.4 is 10.1 Å². The standard InChI is InChI=1S/C15H20BrNO/c16-13-4-5-15-12(8-13)9-14(18-15)10-17-7-6-11-2-1-3-11/h4-5,8,11,14,17H,1-3,6-7,9-10H2. The van der Waals surface area contributed by atoms with Crippen molar-refractivity contribution in [1.29, 1.82) is 0 Å². The van der Waals surface area contributed by atoms with Gasteiger partial charge in [-0.15, -0.1) is 0 Å². The Balaban J connectivity index is 1.40. The molecule has 1 fully saturated rings. The van der Waals surface area contributed by atoms with E-state index in [9.17, 15) is 0 Å². The molecule has 1 unspecified atom stereocenters. The summed E-state index contributed by atoms with van der Waals surface area (Å²) in [7, 11) is 0. The molecule has 18 heavy (non-hydrogen) atoms. The van der Waals surface area contributed by atoms with Crippen LogP contribution in [0.5, 0.6) is 5.75 Å². The van der Waals surface area contributed by atoms with Gasteiger partial charge >= 0.3 is 0 Å². The summed E-state index contributed by atoms with van der Waals surface area (Å²) in [6.07, 6.45) is 7.02. The maximum atomic E-state index is 5.93. The molecular formula is C15H20BrNO. The summed E-state index contributed by atoms with van der Waals surface area (Å²) >= 11 is 3.51. The first kappa shape index (κ1) is 12.5. The van der Waals surface area contributed by atoms with E-state index >= 15 is 0 Å². The fourth-order valence-corrected chi connectivity index (χ4v) is 3.16. The quantitative estimate of drug-likeness (QED) is 0.840. The first-order chi connectivity index (χ1) is 8.81. The van der Waals surface area contributed by atoms with Crippen LogP contribution in [0.4, 0.5) is 0 Å². The molecule has 1 aliphatic heterocycles. The number of benzene rings is 1. The van der Waals surface area contributed by atoms with E-state index in [0.29, 0.717) is 6.10 Å². The molecule has 1 aromatic carbocycles. The minimum atomic E-state index is 0.315. The van der Waals surface area contributed by atoms with Crippen LogP contribution in [-0.2, 0) is 6.42 Å². The zero-order chi connectivity index (χ0) is 12.4. The van der Waals surface area contributed by atoms with Crippen LogP contribution in [0.25, 0.3) is 0 Å². The lowest BCUT2D eigenvalue weighted by molar-refractivity contribution is 0.222. The molecule has 98 valence electrons. The molecular weight excluding hydrogens is 290 g/mol. The number of ether oxygens (including phenoxy) is 1. The van der Waals surface area contributed by atoms with Crippen molar-refractivity contribution in [2.24, 2.45) is 5.92 Å². The third-order valence-corrected chi connectivity index (χ3v) is 4.58. The van der Waals surface area contributed by atoms with Gasteiger partial charge in [-0.05, 0) is 42.6 Å². The van der Waals surface area contributed by atoms with Crippen LogP contribution in [0.15, 0.2) is 22.7 Å². The van der Waals surface area contributed by atoms with Crippen molar-refractivity contribution in [1.82, 2.24) is 5.32 Å². The summed E-state index contributed by atoms with van der Waals surface area (Å²) in [5.74, 6) is 2.05. The van der Waals surface area contributed by atoms with Gasteiger partial charge in [0.05, 0.1) is 0 Å². The van der Waals surface area contributed by atoms with Crippen LogP contribution in [-0.4, -0.2) is 19.2 Å². The Morgan fingerprint density at radius 2 is 2.22 bits per heavy atom. The Bertz CT molecular complexity index is 417. The minimum absolute atomic E-state index is 0.315. The highest BCUT2D eigenvalue weighted by Gasteiger charge is 2.22. The van der Waals surface area contributed by atoms with Gasteiger partial charge in [0.15, 0.2) is 0 Å². The van der Waals surface area contributed by atoms with Crippen molar-refractivity contribution in [2.75, 3.05) is 13.1 Å². The van der Waals surface area contributed by atoms with Crippen LogP contribution in [0.2, 0.25) is 0 Å². The van der Waals surface area contributed by atoms with Crippen LogP contribution in [0.3, 0.4) is 0 Å². The molecule has 1 heterocycles. The molecule has 3 rings (SSSR count). The van der Waals surface area contributed by atoms with Gasteiger partial charge in [-0.1, -0.05) is 35.2 Å². The minimum Gasteiger partial charge on any atom is -0.488 e. The first-order valence-electron chi connectivity index (χ1n) is 6.97. The third-order valence-electron chi connectivity index (χ3n) is 4.09. The van der Waals surface area contributed by atoms with Gasteiger partial charge in [0.2, 0.25) is 0 Å². The normalized spacial score (nSPS) is 22.4. The predicted octanol–water partition coefficient (Wildman–Crippen LogP) is 3.53. The first-order valence-corrected chi connectivity index (χ1v) is 7.76. The zero-order valence-electron chi connectivity index (χ0n) is 10.6. The molecule has 0 spiro atoms. The fourth-order valence-electron chi connectivity index (χ4n) is 2.75. The van der Waals surface area contributed by atoms with E-state index in [2.05, 4.69) is 33.4 Å². The fraction of sp³-hybridized carbons (Fsp3) is 0.600. The maximum absolute atomic E-state index is 5.93. The highest BCUT2D eigenvalue weighted by atomic mass is 79.9. The molecule has 2 nitrogen and oxygen atoms in total. The maximum Gasteiger partial charge on any atom is 0.123 e. The van der Waals surface area contributed by atoms with Crippen molar-refractivity contribution in [3.63, 3.8) is 0 Å². The van der Waals surface area contributed by atoms with E-state index in [1.165, 1.54) is 31.2 Å². The lowest BCUT2D eigenvalue weighted by atomic mass is 9.83. The smallest absolute Gasteiger partial charge is 0.123 e. The Hall–Kier alpha value is -0.540. The molecule has 3 heteroatoms. The van der Waals surface area contributed by atoms with E-state index in [-0.39, 0.29) is 0 Å². The van der Waals surface area contributed by atoms with E-state index < -0.39 is 0 Å². The molecule has 0 saturated heterocycles. The second kappa shape index (κ2) is 5.62. The molecule has 0 amide bonds. The highest BCUT2D eigenvalue weighted by molar-refractivity contribution is 9.10. The van der Waals surface area contributed by atoms with E-state index in [1.807, 2.05) is 6.07 Å². The molecule has 1 aromatic rings. The average molecular weight is 310 g/mol. The van der Waals surface area contributed by atoms with Crippen molar-refractivity contribution >= 4 is 15.9 Å². The number of hydrogen-bond acceptors (Lipinski definition) is 2. The van der Waals surface area contributed by atoms with Crippen molar-refractivity contribution in [3.8, 4) is 5.75 Å². The second-order valence-corrected chi connectivity index (χ2v) is 6.40. The molecule has 0 bridgehead atoms. The summed E-state index contributed by atoms with van der Waals surface area (Å²) < 4.78 is 7.07. The molecule has 2 aliphatic rings. The van der Waals surface area contributed by atoms with E-state index in [0.717, 1.165) is 35.7 Å². The van der Waals surface area contributed by atoms with Gasteiger partial charge in [-0.2, -0.15) is 0 Å². The van der Waals surface area contributed by atoms with Gasteiger partial charge in [0, 0.05) is 17.4 Å². The van der Waals surface area contributed by atoms with Gasteiger partial charge in [0.1, 0.15) is 11.9 Å². The molecule has 0 radical (unpaired) electrons. The van der Waals surface area contributed by atoms with Crippen LogP contribution >= 0.6 is 15.9 Å². The largest absolute Gasteiger partial charge is 0.488 e. The lowest BCUT2D eigenvalue weighted by Gasteiger charge is -2.25. The number of hydrogen-bond donors (Lipinski definition) is 1. The molecule has 1 aliphatic carbocycles. The van der Waals surface area contributed by atoms with E-state index in [4.69, 9.17) is 4.74 Å². The van der Waals surface area contributed by atoms with Crippen molar-refractivity contribution in [2.45, 2.75) is 38.2 Å². The van der Waals surface area contributed by atoms with Crippen LogP contribution in [0.1, 0.15) is 31.2 Å². The number of rotatable bonds is 5. The molecule has 1 saturated carbocycles. The van der Waals surface area contributed by atoms with E-state index in [1.54, 1.807) is 0 Å². The highest BCUT2D eigenvalue weighted by Crippen LogP contribution is 2.31. The third kappa shape index (κ3) is 2.89. The molecule has 1 N–H and O–H groups in total. The molecule has 1 atom stereocenters. The number of nitrogens with one attached hydrogen (secondary N) is 1. The SMILES string of the molecule is Brc1ccc2c(c1)CC(CNCCC1CCC1)O2. The summed E-state index contributed by atoms with van der Waals surface area (Å²) in [5.41, 5.74) is 1.33. The predicted molar refractivity (Wildman–Crippen MR) is 77.1 cm³/mol. The summed E-state index contributed by atoms with van der Waals surface area (Å²) in [5, 5.41) is 3.54. The summed E-state index contributed by atoms with van der Waals surface area (Å²) in [6.45, 7) is 2.11. The lowest BCUT2D eigenvalue weighted by Crippen LogP contribution is -2.32. The molecule has 0 aromatic heterocycles. The van der Waals surface area contributed by atoms with Crippen molar-refractivity contribution < 1.29 is 4.74 Å². The van der Waals surface area contributed by atoms with Gasteiger partial charge in [0.25, 0.3) is 0 Å². The number of fused-ring (bicyclic) bond motifs is 1. The Labute approximate surface area is 117 Å². The summed E-state index contributed by atoms with van der Waals surface area (Å²) in [6, 6.07) is 6.28. The Kier molecular flexibility index (Phi) is 3.90. The van der Waals surface area contributed by atoms with Gasteiger partial charge in [-0.3, -0.25) is 0 Å². The average Bonchev–Trinajstić information content (AvgIpc) is 2.68. The van der Waals surface area contributed by atoms with Crippen molar-refractivity contribution in [3.05, 3.63) is 28.2 Å². The monoisotopic (exact) mass is 309 g/mol. The Morgan fingerprint density at radius 1 is 1.33 bits per heavy atom. The number of halogens is 1. The summed E-state index contributed by atoms with van der Waals surface area (Å²) in [4.78, 5) is 0. The zero-order valence-corrected chi connectivity index (χ0v) is 12.2. The van der Waals surface area contributed by atoms with Gasteiger partial charge in [-0.25, -0.2) is 0 Å².